The minimum absolute atomic E-state index is 0.103. The number of carbonyl (C=O) groups is 1. The molecule has 0 saturated carbocycles. The van der Waals surface area contributed by atoms with Gasteiger partial charge < -0.3 is 18.6 Å². The predicted octanol–water partition coefficient (Wildman–Crippen LogP) is 4.65. The third-order valence-corrected chi connectivity index (χ3v) is 4.19. The fourth-order valence-electron chi connectivity index (χ4n) is 2.85. The first-order valence-electron chi connectivity index (χ1n) is 8.76. The van der Waals surface area contributed by atoms with Gasteiger partial charge in [0.25, 0.3) is 5.69 Å². The molecule has 0 aliphatic rings. The third kappa shape index (κ3) is 4.06. The van der Waals surface area contributed by atoms with E-state index in [2.05, 4.69) is 0 Å². The Morgan fingerprint density at radius 3 is 2.52 bits per heavy atom. The van der Waals surface area contributed by atoms with E-state index < -0.39 is 10.7 Å². The van der Waals surface area contributed by atoms with Gasteiger partial charge in [-0.15, -0.1) is 0 Å². The highest BCUT2D eigenvalue weighted by Gasteiger charge is 2.19. The molecule has 0 amide bonds. The predicted molar refractivity (Wildman–Crippen MR) is 107 cm³/mol. The summed E-state index contributed by atoms with van der Waals surface area (Å²) in [5, 5.41) is 12.1. The van der Waals surface area contributed by atoms with Crippen LogP contribution in [0, 0.1) is 10.1 Å². The summed E-state index contributed by atoms with van der Waals surface area (Å²) in [4.78, 5) is 23.4. The van der Waals surface area contributed by atoms with E-state index in [0.717, 1.165) is 5.39 Å². The van der Waals surface area contributed by atoms with Gasteiger partial charge in [-0.3, -0.25) is 14.9 Å². The zero-order valence-corrected chi connectivity index (χ0v) is 16.1. The summed E-state index contributed by atoms with van der Waals surface area (Å²) < 4.78 is 21.4. The van der Waals surface area contributed by atoms with E-state index >= 15 is 0 Å². The number of nitro benzene ring substituents is 1. The average Bonchev–Trinajstić information content (AvgIpc) is 3.16. The second-order valence-corrected chi connectivity index (χ2v) is 5.94. The van der Waals surface area contributed by atoms with Crippen LogP contribution in [0.2, 0.25) is 0 Å². The van der Waals surface area contributed by atoms with Gasteiger partial charge in [-0.1, -0.05) is 12.1 Å². The Labute approximate surface area is 166 Å². The highest BCUT2D eigenvalue weighted by atomic mass is 16.6. The number of hydrogen-bond donors (Lipinski definition) is 0. The molecule has 0 spiro atoms. The van der Waals surface area contributed by atoms with Crippen molar-refractivity contribution in [2.75, 3.05) is 20.8 Å². The molecular weight excluding hydrogens is 378 g/mol. The number of nitrogens with zero attached hydrogens (tertiary/aromatic N) is 1. The topological polar surface area (TPSA) is 101 Å². The first-order chi connectivity index (χ1) is 14.0. The number of rotatable bonds is 8. The van der Waals surface area contributed by atoms with Crippen LogP contribution in [0.4, 0.5) is 5.69 Å². The minimum Gasteiger partial charge on any atom is -0.493 e. The maximum atomic E-state index is 12.6. The Hall–Kier alpha value is -3.81. The lowest BCUT2D eigenvalue weighted by Gasteiger charge is -2.08. The molecule has 1 heterocycles. The second-order valence-electron chi connectivity index (χ2n) is 5.94. The van der Waals surface area contributed by atoms with Crippen LogP contribution in [0.1, 0.15) is 23.0 Å². The SMILES string of the molecule is CCOc1cccc2cc(C(=O)/C=C/c3cc(OC)c(OC)cc3[N+](=O)[O-])oc12. The van der Waals surface area contributed by atoms with Gasteiger partial charge in [-0.25, -0.2) is 0 Å². The lowest BCUT2D eigenvalue weighted by Crippen LogP contribution is -1.97. The van der Waals surface area contributed by atoms with Crippen LogP contribution in [0.15, 0.2) is 46.9 Å². The molecule has 150 valence electrons. The lowest BCUT2D eigenvalue weighted by molar-refractivity contribution is -0.385. The molecule has 8 nitrogen and oxygen atoms in total. The van der Waals surface area contributed by atoms with Gasteiger partial charge in [0.1, 0.15) is 0 Å². The number of hydrogen-bond acceptors (Lipinski definition) is 7. The molecule has 0 aliphatic carbocycles. The van der Waals surface area contributed by atoms with Crippen molar-refractivity contribution in [3.8, 4) is 17.2 Å². The molecule has 0 radical (unpaired) electrons. The minimum atomic E-state index is -0.554. The zero-order valence-electron chi connectivity index (χ0n) is 16.1. The molecule has 8 heteroatoms. The first kappa shape index (κ1) is 19.9. The molecule has 0 unspecified atom stereocenters. The van der Waals surface area contributed by atoms with E-state index in [1.165, 1.54) is 38.5 Å². The van der Waals surface area contributed by atoms with Crippen LogP contribution in [0.5, 0.6) is 17.2 Å². The van der Waals surface area contributed by atoms with E-state index in [9.17, 15) is 14.9 Å². The molecule has 0 aliphatic heterocycles. The molecule has 0 saturated heterocycles. The summed E-state index contributed by atoms with van der Waals surface area (Å²) in [6.45, 7) is 2.32. The first-order valence-corrected chi connectivity index (χ1v) is 8.76. The Balaban J connectivity index is 1.96. The largest absolute Gasteiger partial charge is 0.493 e. The lowest BCUT2D eigenvalue weighted by atomic mass is 10.1. The highest BCUT2D eigenvalue weighted by Crippen LogP contribution is 2.35. The summed E-state index contributed by atoms with van der Waals surface area (Å²) in [6.07, 6.45) is 2.56. The summed E-state index contributed by atoms with van der Waals surface area (Å²) in [5.74, 6) is 0.751. The van der Waals surface area contributed by atoms with Crippen molar-refractivity contribution in [3.63, 3.8) is 0 Å². The maximum absolute atomic E-state index is 12.6. The summed E-state index contributed by atoms with van der Waals surface area (Å²) in [6, 6.07) is 9.66. The van der Waals surface area contributed by atoms with Crippen LogP contribution >= 0.6 is 0 Å². The molecular formula is C21H19NO7. The summed E-state index contributed by atoms with van der Waals surface area (Å²) >= 11 is 0. The quantitative estimate of drug-likeness (QED) is 0.236. The Morgan fingerprint density at radius 2 is 1.86 bits per heavy atom. The van der Waals surface area contributed by atoms with Crippen molar-refractivity contribution in [3.05, 3.63) is 63.9 Å². The number of methoxy groups -OCH3 is 2. The number of fused-ring (bicyclic) bond motifs is 1. The van der Waals surface area contributed by atoms with Crippen molar-refractivity contribution >= 4 is 28.5 Å². The number of furan rings is 1. The number of ketones is 1. The van der Waals surface area contributed by atoms with Gasteiger partial charge >= 0.3 is 0 Å². The Morgan fingerprint density at radius 1 is 1.14 bits per heavy atom. The summed E-state index contributed by atoms with van der Waals surface area (Å²) in [7, 11) is 2.81. The summed E-state index contributed by atoms with van der Waals surface area (Å²) in [5.41, 5.74) is 0.463. The molecule has 1 aromatic heterocycles. The number of allylic oxidation sites excluding steroid dienone is 1. The number of nitro groups is 1. The molecule has 3 aromatic rings. The molecule has 2 aromatic carbocycles. The van der Waals surface area contributed by atoms with Crippen molar-refractivity contribution in [1.29, 1.82) is 0 Å². The van der Waals surface area contributed by atoms with Crippen LogP contribution in [0.3, 0.4) is 0 Å². The van der Waals surface area contributed by atoms with Crippen molar-refractivity contribution in [2.24, 2.45) is 0 Å². The van der Waals surface area contributed by atoms with Crippen molar-refractivity contribution in [1.82, 2.24) is 0 Å². The van der Waals surface area contributed by atoms with Crippen molar-refractivity contribution < 1.29 is 28.3 Å². The van der Waals surface area contributed by atoms with E-state index in [1.54, 1.807) is 24.3 Å². The van der Waals surface area contributed by atoms with Gasteiger partial charge in [-0.05, 0) is 37.3 Å². The van der Waals surface area contributed by atoms with Crippen LogP contribution in [-0.4, -0.2) is 31.5 Å². The van der Waals surface area contributed by atoms with Crippen LogP contribution in [0.25, 0.3) is 17.0 Å². The van der Waals surface area contributed by atoms with Crippen molar-refractivity contribution in [2.45, 2.75) is 6.92 Å². The second kappa shape index (κ2) is 8.47. The molecule has 29 heavy (non-hydrogen) atoms. The van der Waals surface area contributed by atoms with E-state index in [0.29, 0.717) is 23.7 Å². The third-order valence-electron chi connectivity index (χ3n) is 4.19. The fourth-order valence-corrected chi connectivity index (χ4v) is 2.85. The fraction of sp³-hybridized carbons (Fsp3) is 0.190. The van der Waals surface area contributed by atoms with Gasteiger partial charge in [-0.2, -0.15) is 0 Å². The monoisotopic (exact) mass is 397 g/mol. The zero-order chi connectivity index (χ0) is 21.0. The Bertz CT molecular complexity index is 1100. The Kier molecular flexibility index (Phi) is 5.82. The van der Waals surface area contributed by atoms with Gasteiger partial charge in [0.2, 0.25) is 5.78 Å². The van der Waals surface area contributed by atoms with Gasteiger partial charge in [0.05, 0.1) is 37.4 Å². The molecule has 0 bridgehead atoms. The normalized spacial score (nSPS) is 11.0. The molecule has 3 rings (SSSR count). The van der Waals surface area contributed by atoms with Gasteiger partial charge in [0, 0.05) is 5.39 Å². The number of benzene rings is 2. The molecule has 0 atom stereocenters. The van der Waals surface area contributed by atoms with Gasteiger partial charge in [0.15, 0.2) is 28.6 Å². The highest BCUT2D eigenvalue weighted by molar-refractivity contribution is 6.07. The smallest absolute Gasteiger partial charge is 0.280 e. The average molecular weight is 397 g/mol. The van der Waals surface area contributed by atoms with Crippen LogP contribution in [-0.2, 0) is 0 Å². The number of ether oxygens (including phenoxy) is 3. The molecule has 0 fully saturated rings. The molecule has 0 N–H and O–H groups in total. The van der Waals surface area contributed by atoms with Crippen LogP contribution < -0.4 is 14.2 Å². The number of carbonyl (C=O) groups excluding carboxylic acids is 1. The standard InChI is InChI=1S/C21H19NO7/c1-4-28-17-7-5-6-14-11-18(29-21(14)17)16(23)9-8-13-10-19(26-2)20(27-3)12-15(13)22(24)25/h5-12H,4H2,1-3H3/b9-8+. The van der Waals surface area contributed by atoms with E-state index in [-0.39, 0.29) is 22.8 Å². The maximum Gasteiger partial charge on any atom is 0.280 e. The van der Waals surface area contributed by atoms with E-state index in [4.69, 9.17) is 18.6 Å². The number of para-hydroxylation sites is 1. The van der Waals surface area contributed by atoms with E-state index in [1.807, 2.05) is 6.92 Å².